The minimum atomic E-state index is -0.342. The van der Waals surface area contributed by atoms with Crippen molar-refractivity contribution in [3.05, 3.63) is 33.9 Å². The number of nitrogens with zero attached hydrogens (tertiary/aromatic N) is 2. The quantitative estimate of drug-likeness (QED) is 0.478. The van der Waals surface area contributed by atoms with Gasteiger partial charge >= 0.3 is 5.97 Å². The Bertz CT molecular complexity index is 625. The Kier molecular flexibility index (Phi) is 5.02. The molecule has 1 aromatic rings. The van der Waals surface area contributed by atoms with E-state index in [1.807, 2.05) is 6.07 Å². The van der Waals surface area contributed by atoms with E-state index in [2.05, 4.69) is 4.90 Å². The molecule has 0 radical (unpaired) electrons. The average Bonchev–Trinajstić information content (AvgIpc) is 2.61. The number of methoxy groups -OCH3 is 1. The van der Waals surface area contributed by atoms with Crippen molar-refractivity contribution in [2.45, 2.75) is 63.5 Å². The Morgan fingerprint density at radius 2 is 2.04 bits per heavy atom. The third-order valence-electron chi connectivity index (χ3n) is 5.29. The lowest BCUT2D eigenvalue weighted by Crippen LogP contribution is -2.48. The van der Waals surface area contributed by atoms with Crippen LogP contribution in [0.25, 0.3) is 0 Å². The number of hydrogen-bond acceptors (Lipinski definition) is 5. The maximum absolute atomic E-state index is 11.8. The van der Waals surface area contributed by atoms with Crippen molar-refractivity contribution in [3.63, 3.8) is 0 Å². The van der Waals surface area contributed by atoms with Crippen LogP contribution in [0.4, 0.5) is 11.4 Å². The number of nitro groups is 1. The van der Waals surface area contributed by atoms with Crippen LogP contribution in [0.1, 0.15) is 50.5 Å². The molecule has 0 saturated heterocycles. The standard InChI is InChI=1S/C18H24N2O4/c1-24-18(21)12-15-8-7-13-11-16(20(22)23)9-10-17(13)19(15)14-5-3-2-4-6-14/h9-11,14-15H,2-8,12H2,1H3. The fraction of sp³-hybridized carbons (Fsp3) is 0.611. The first-order valence-electron chi connectivity index (χ1n) is 8.72. The number of anilines is 1. The van der Waals surface area contributed by atoms with Crippen molar-refractivity contribution in [2.24, 2.45) is 0 Å². The number of benzene rings is 1. The van der Waals surface area contributed by atoms with Gasteiger partial charge in [0, 0.05) is 29.9 Å². The lowest BCUT2D eigenvalue weighted by molar-refractivity contribution is -0.384. The molecule has 1 atom stereocenters. The largest absolute Gasteiger partial charge is 0.469 e. The minimum absolute atomic E-state index is 0.120. The maximum Gasteiger partial charge on any atom is 0.307 e. The van der Waals surface area contributed by atoms with Crippen molar-refractivity contribution in [1.29, 1.82) is 0 Å². The first-order chi connectivity index (χ1) is 11.6. The molecule has 1 fully saturated rings. The fourth-order valence-corrected chi connectivity index (χ4v) is 4.13. The molecule has 3 rings (SSSR count). The van der Waals surface area contributed by atoms with Gasteiger partial charge in [-0.3, -0.25) is 14.9 Å². The van der Waals surface area contributed by atoms with Gasteiger partial charge in [0.25, 0.3) is 5.69 Å². The van der Waals surface area contributed by atoms with Crippen LogP contribution in [0, 0.1) is 10.1 Å². The maximum atomic E-state index is 11.8. The zero-order chi connectivity index (χ0) is 17.1. The van der Waals surface area contributed by atoms with Crippen molar-refractivity contribution >= 4 is 17.3 Å². The van der Waals surface area contributed by atoms with Crippen LogP contribution in [-0.2, 0) is 16.0 Å². The van der Waals surface area contributed by atoms with E-state index in [0.29, 0.717) is 12.5 Å². The van der Waals surface area contributed by atoms with Gasteiger partial charge in [-0.15, -0.1) is 0 Å². The van der Waals surface area contributed by atoms with E-state index in [9.17, 15) is 14.9 Å². The summed E-state index contributed by atoms with van der Waals surface area (Å²) in [5, 5.41) is 11.0. The zero-order valence-corrected chi connectivity index (χ0v) is 14.1. The number of aryl methyl sites for hydroxylation is 1. The smallest absolute Gasteiger partial charge is 0.307 e. The molecular weight excluding hydrogens is 308 g/mol. The number of nitro benzene ring substituents is 1. The van der Waals surface area contributed by atoms with Gasteiger partial charge in [0.05, 0.1) is 18.5 Å². The van der Waals surface area contributed by atoms with Gasteiger partial charge in [0.15, 0.2) is 0 Å². The highest BCUT2D eigenvalue weighted by molar-refractivity contribution is 5.72. The molecule has 24 heavy (non-hydrogen) atoms. The molecule has 1 saturated carbocycles. The summed E-state index contributed by atoms with van der Waals surface area (Å²) in [6.07, 6.45) is 7.88. The van der Waals surface area contributed by atoms with Crippen molar-refractivity contribution < 1.29 is 14.5 Å². The van der Waals surface area contributed by atoms with Crippen LogP contribution in [-0.4, -0.2) is 30.1 Å². The molecule has 0 aromatic heterocycles. The number of rotatable bonds is 4. The average molecular weight is 332 g/mol. The first kappa shape index (κ1) is 16.7. The van der Waals surface area contributed by atoms with Gasteiger partial charge < -0.3 is 9.64 Å². The molecule has 1 aliphatic carbocycles. The number of esters is 1. The van der Waals surface area contributed by atoms with Gasteiger partial charge in [-0.25, -0.2) is 0 Å². The Hall–Kier alpha value is -2.11. The molecule has 1 aliphatic heterocycles. The van der Waals surface area contributed by atoms with Gasteiger partial charge in [-0.1, -0.05) is 19.3 Å². The van der Waals surface area contributed by atoms with Crippen LogP contribution in [0.3, 0.4) is 0 Å². The fourth-order valence-electron chi connectivity index (χ4n) is 4.13. The number of carbonyl (C=O) groups excluding carboxylic acids is 1. The predicted octanol–water partition coefficient (Wildman–Crippen LogP) is 3.61. The van der Waals surface area contributed by atoms with Gasteiger partial charge in [0.1, 0.15) is 0 Å². The minimum Gasteiger partial charge on any atom is -0.469 e. The summed E-state index contributed by atoms with van der Waals surface area (Å²) in [6.45, 7) is 0. The molecule has 0 bridgehead atoms. The topological polar surface area (TPSA) is 72.7 Å². The van der Waals surface area contributed by atoms with E-state index in [1.165, 1.54) is 26.4 Å². The molecular formula is C18H24N2O4. The lowest BCUT2D eigenvalue weighted by atomic mass is 9.87. The lowest BCUT2D eigenvalue weighted by Gasteiger charge is -2.45. The van der Waals surface area contributed by atoms with E-state index in [0.717, 1.165) is 36.9 Å². The molecule has 0 amide bonds. The predicted molar refractivity (Wildman–Crippen MR) is 91.2 cm³/mol. The van der Waals surface area contributed by atoms with Crippen LogP contribution >= 0.6 is 0 Å². The van der Waals surface area contributed by atoms with Crippen LogP contribution in [0.15, 0.2) is 18.2 Å². The summed E-state index contributed by atoms with van der Waals surface area (Å²) < 4.78 is 4.87. The van der Waals surface area contributed by atoms with E-state index < -0.39 is 0 Å². The Labute approximate surface area is 141 Å². The van der Waals surface area contributed by atoms with Crippen LogP contribution in [0.5, 0.6) is 0 Å². The first-order valence-corrected chi connectivity index (χ1v) is 8.72. The number of carbonyl (C=O) groups is 1. The van der Waals surface area contributed by atoms with Gasteiger partial charge in [-0.05, 0) is 37.3 Å². The number of ether oxygens (including phenoxy) is 1. The molecule has 6 heteroatoms. The van der Waals surface area contributed by atoms with E-state index >= 15 is 0 Å². The summed E-state index contributed by atoms with van der Waals surface area (Å²) >= 11 is 0. The van der Waals surface area contributed by atoms with Crippen molar-refractivity contribution in [3.8, 4) is 0 Å². The second-order valence-electron chi connectivity index (χ2n) is 6.74. The highest BCUT2D eigenvalue weighted by Crippen LogP contribution is 2.39. The summed E-state index contributed by atoms with van der Waals surface area (Å²) in [7, 11) is 1.42. The monoisotopic (exact) mass is 332 g/mol. The number of non-ortho nitro benzene ring substituents is 1. The SMILES string of the molecule is COC(=O)CC1CCc2cc([N+](=O)[O-])ccc2N1C1CCCCC1. The molecule has 1 unspecified atom stereocenters. The van der Waals surface area contributed by atoms with E-state index in [4.69, 9.17) is 4.74 Å². The summed E-state index contributed by atoms with van der Waals surface area (Å²) in [5.74, 6) is -0.189. The second-order valence-corrected chi connectivity index (χ2v) is 6.74. The third kappa shape index (κ3) is 3.37. The number of fused-ring (bicyclic) bond motifs is 1. The van der Waals surface area contributed by atoms with E-state index in [-0.39, 0.29) is 22.6 Å². The molecule has 6 nitrogen and oxygen atoms in total. The van der Waals surface area contributed by atoms with Gasteiger partial charge in [-0.2, -0.15) is 0 Å². The molecule has 0 spiro atoms. The van der Waals surface area contributed by atoms with Crippen molar-refractivity contribution in [2.75, 3.05) is 12.0 Å². The van der Waals surface area contributed by atoms with Crippen LogP contribution in [0.2, 0.25) is 0 Å². The molecule has 1 aromatic carbocycles. The Morgan fingerprint density at radius 1 is 1.29 bits per heavy atom. The molecule has 0 N–H and O–H groups in total. The van der Waals surface area contributed by atoms with Gasteiger partial charge in [0.2, 0.25) is 0 Å². The third-order valence-corrected chi connectivity index (χ3v) is 5.29. The Morgan fingerprint density at radius 3 is 2.71 bits per heavy atom. The van der Waals surface area contributed by atoms with Crippen LogP contribution < -0.4 is 4.90 Å². The second kappa shape index (κ2) is 7.20. The summed E-state index contributed by atoms with van der Waals surface area (Å²) in [6, 6.07) is 5.67. The normalized spacial score (nSPS) is 21.2. The highest BCUT2D eigenvalue weighted by atomic mass is 16.6. The van der Waals surface area contributed by atoms with E-state index in [1.54, 1.807) is 12.1 Å². The highest BCUT2D eigenvalue weighted by Gasteiger charge is 2.34. The number of hydrogen-bond donors (Lipinski definition) is 0. The molecule has 2 aliphatic rings. The van der Waals surface area contributed by atoms with Crippen molar-refractivity contribution in [1.82, 2.24) is 0 Å². The zero-order valence-electron chi connectivity index (χ0n) is 14.1. The Balaban J connectivity index is 1.93. The summed E-state index contributed by atoms with van der Waals surface area (Å²) in [5.41, 5.74) is 2.23. The molecule has 1 heterocycles. The summed E-state index contributed by atoms with van der Waals surface area (Å²) in [4.78, 5) is 24.9. The molecule has 130 valence electrons.